The fourth-order valence-corrected chi connectivity index (χ4v) is 6.75. The Balaban J connectivity index is 1.58. The minimum Gasteiger partial charge on any atom is -0.387 e. The molecule has 0 saturated carbocycles. The van der Waals surface area contributed by atoms with Crippen molar-refractivity contribution in [2.45, 2.75) is 31.1 Å². The SMILES string of the molecule is CCCN(CCCN)C(=O)C1=Cc2ccc(-c3cccc(S(=O)(=O)N4CC(CN(C)C)C4)c3)cc2N=C(N)C1. The van der Waals surface area contributed by atoms with Crippen LogP contribution in [0.25, 0.3) is 17.2 Å². The van der Waals surface area contributed by atoms with Gasteiger partial charge in [-0.2, -0.15) is 4.31 Å². The van der Waals surface area contributed by atoms with Crippen LogP contribution < -0.4 is 11.5 Å². The molecule has 0 atom stereocenters. The summed E-state index contributed by atoms with van der Waals surface area (Å²) in [5.41, 5.74) is 15.6. The van der Waals surface area contributed by atoms with Crippen LogP contribution in [0, 0.1) is 5.92 Å². The van der Waals surface area contributed by atoms with Crippen LogP contribution in [0.2, 0.25) is 0 Å². The fourth-order valence-electron chi connectivity index (χ4n) is 5.11. The van der Waals surface area contributed by atoms with Crippen LogP contribution in [0.15, 0.2) is 57.9 Å². The van der Waals surface area contributed by atoms with E-state index in [1.807, 2.05) is 56.3 Å². The van der Waals surface area contributed by atoms with Crippen molar-refractivity contribution in [3.05, 3.63) is 53.6 Å². The number of hydrogen-bond acceptors (Lipinski definition) is 7. The first-order valence-corrected chi connectivity index (χ1v) is 15.0. The number of sulfonamides is 1. The summed E-state index contributed by atoms with van der Waals surface area (Å²) in [5.74, 6) is 0.671. The van der Waals surface area contributed by atoms with Crippen LogP contribution in [0.3, 0.4) is 0 Å². The van der Waals surface area contributed by atoms with Gasteiger partial charge in [0.2, 0.25) is 15.9 Å². The maximum Gasteiger partial charge on any atom is 0.250 e. The Morgan fingerprint density at radius 1 is 1.10 bits per heavy atom. The standard InChI is InChI=1S/C29H40N6O3S/c1-4-12-34(13-6-11-30)29(36)25-14-24-10-9-23(16-27(24)32-28(31)17-25)22-7-5-8-26(15-22)39(37,38)35-19-21(20-35)18-33(2)3/h5,7-10,14-16,21H,4,6,11-13,17-20,30H2,1-3H3,(H2,31,32). The molecule has 1 amide bonds. The van der Waals surface area contributed by atoms with E-state index in [2.05, 4.69) is 9.89 Å². The van der Waals surface area contributed by atoms with Crippen LogP contribution in [-0.4, -0.2) is 87.6 Å². The first kappa shape index (κ1) is 28.9. The molecular formula is C29H40N6O3S. The molecule has 0 unspecified atom stereocenters. The Kier molecular flexibility index (Phi) is 9.22. The molecule has 9 nitrogen and oxygen atoms in total. The molecule has 2 aliphatic heterocycles. The van der Waals surface area contributed by atoms with Gasteiger partial charge in [-0.05, 0) is 74.8 Å². The van der Waals surface area contributed by atoms with Crippen LogP contribution in [0.4, 0.5) is 5.69 Å². The van der Waals surface area contributed by atoms with Gasteiger partial charge in [-0.25, -0.2) is 13.4 Å². The fraction of sp³-hybridized carbons (Fsp3) is 0.448. The molecular weight excluding hydrogens is 512 g/mol. The van der Waals surface area contributed by atoms with Crippen LogP contribution >= 0.6 is 0 Å². The molecule has 4 N–H and O–H groups in total. The van der Waals surface area contributed by atoms with Crippen molar-refractivity contribution in [3.63, 3.8) is 0 Å². The predicted octanol–water partition coefficient (Wildman–Crippen LogP) is 2.90. The Morgan fingerprint density at radius 3 is 2.54 bits per heavy atom. The second-order valence-corrected chi connectivity index (χ2v) is 12.6. The van der Waals surface area contributed by atoms with Gasteiger partial charge in [0.15, 0.2) is 0 Å². The summed E-state index contributed by atoms with van der Waals surface area (Å²) < 4.78 is 28.0. The highest BCUT2D eigenvalue weighted by Gasteiger charge is 2.36. The van der Waals surface area contributed by atoms with E-state index < -0.39 is 10.0 Å². The van der Waals surface area contributed by atoms with Crippen molar-refractivity contribution >= 4 is 33.5 Å². The summed E-state index contributed by atoms with van der Waals surface area (Å²) in [6, 6.07) is 12.7. The van der Waals surface area contributed by atoms with E-state index >= 15 is 0 Å². The highest BCUT2D eigenvalue weighted by Crippen LogP contribution is 2.34. The normalized spacial score (nSPS) is 16.2. The molecule has 0 radical (unpaired) electrons. The van der Waals surface area contributed by atoms with Crippen molar-refractivity contribution in [2.24, 2.45) is 22.4 Å². The molecule has 2 aliphatic rings. The predicted molar refractivity (Wildman–Crippen MR) is 157 cm³/mol. The molecule has 39 heavy (non-hydrogen) atoms. The lowest BCUT2D eigenvalue weighted by atomic mass is 10.0. The number of amidine groups is 1. The van der Waals surface area contributed by atoms with Gasteiger partial charge in [0, 0.05) is 50.3 Å². The monoisotopic (exact) mass is 552 g/mol. The number of amides is 1. The summed E-state index contributed by atoms with van der Waals surface area (Å²) in [6.45, 7) is 5.78. The lowest BCUT2D eigenvalue weighted by Gasteiger charge is -2.39. The van der Waals surface area contributed by atoms with Crippen LogP contribution in [0.1, 0.15) is 31.7 Å². The minimum atomic E-state index is -3.56. The summed E-state index contributed by atoms with van der Waals surface area (Å²) in [6.07, 6.45) is 3.73. The zero-order valence-corrected chi connectivity index (χ0v) is 24.0. The van der Waals surface area contributed by atoms with E-state index in [-0.39, 0.29) is 17.2 Å². The quantitative estimate of drug-likeness (QED) is 0.442. The maximum absolute atomic E-state index is 13.3. The van der Waals surface area contributed by atoms with E-state index in [0.717, 1.165) is 36.1 Å². The van der Waals surface area contributed by atoms with E-state index in [4.69, 9.17) is 11.5 Å². The van der Waals surface area contributed by atoms with Gasteiger partial charge >= 0.3 is 0 Å². The average Bonchev–Trinajstić information content (AvgIpc) is 3.05. The third kappa shape index (κ3) is 6.75. The number of benzene rings is 2. The van der Waals surface area contributed by atoms with Crippen LogP contribution in [0.5, 0.6) is 0 Å². The summed E-state index contributed by atoms with van der Waals surface area (Å²) in [4.78, 5) is 22.1. The molecule has 10 heteroatoms. The van der Waals surface area contributed by atoms with Gasteiger partial charge in [0.05, 0.1) is 10.6 Å². The Morgan fingerprint density at radius 2 is 1.85 bits per heavy atom. The first-order valence-electron chi connectivity index (χ1n) is 13.5. The molecule has 0 aromatic heterocycles. The van der Waals surface area contributed by atoms with Crippen molar-refractivity contribution in [2.75, 3.05) is 53.4 Å². The van der Waals surface area contributed by atoms with Crippen molar-refractivity contribution in [1.82, 2.24) is 14.1 Å². The van der Waals surface area contributed by atoms with Gasteiger partial charge in [-0.1, -0.05) is 31.2 Å². The van der Waals surface area contributed by atoms with Gasteiger partial charge in [-0.3, -0.25) is 4.79 Å². The highest BCUT2D eigenvalue weighted by atomic mass is 32.2. The third-order valence-corrected chi connectivity index (χ3v) is 8.86. The Labute approximate surface area is 232 Å². The second-order valence-electron chi connectivity index (χ2n) is 10.6. The van der Waals surface area contributed by atoms with Gasteiger partial charge in [0.1, 0.15) is 5.84 Å². The number of nitrogens with two attached hydrogens (primary N) is 2. The number of nitrogens with zero attached hydrogens (tertiary/aromatic N) is 4. The van der Waals surface area contributed by atoms with Gasteiger partial charge in [-0.15, -0.1) is 0 Å². The summed E-state index contributed by atoms with van der Waals surface area (Å²) in [5, 5.41) is 0. The molecule has 0 aliphatic carbocycles. The summed E-state index contributed by atoms with van der Waals surface area (Å²) >= 11 is 0. The minimum absolute atomic E-state index is 0.0444. The molecule has 210 valence electrons. The van der Waals surface area contributed by atoms with Gasteiger partial charge < -0.3 is 21.3 Å². The van der Waals surface area contributed by atoms with E-state index in [1.165, 1.54) is 0 Å². The largest absolute Gasteiger partial charge is 0.387 e. The van der Waals surface area contributed by atoms with E-state index in [9.17, 15) is 13.2 Å². The highest BCUT2D eigenvalue weighted by molar-refractivity contribution is 7.89. The number of carbonyl (C=O) groups is 1. The lowest BCUT2D eigenvalue weighted by Crippen LogP contribution is -2.52. The van der Waals surface area contributed by atoms with Crippen molar-refractivity contribution in [3.8, 4) is 11.1 Å². The van der Waals surface area contributed by atoms with Crippen LogP contribution in [-0.2, 0) is 14.8 Å². The van der Waals surface area contributed by atoms with Gasteiger partial charge in [0.25, 0.3) is 0 Å². The molecule has 2 heterocycles. The first-order chi connectivity index (χ1) is 18.6. The number of fused-ring (bicyclic) bond motifs is 1. The maximum atomic E-state index is 13.3. The summed E-state index contributed by atoms with van der Waals surface area (Å²) in [7, 11) is 0.433. The molecule has 2 aromatic rings. The number of hydrogen-bond donors (Lipinski definition) is 2. The van der Waals surface area contributed by atoms with Crippen molar-refractivity contribution in [1.29, 1.82) is 0 Å². The molecule has 4 rings (SSSR count). The Bertz CT molecular complexity index is 1360. The molecule has 0 bridgehead atoms. The number of rotatable bonds is 11. The smallest absolute Gasteiger partial charge is 0.250 e. The molecule has 1 saturated heterocycles. The molecule has 1 fully saturated rings. The molecule has 0 spiro atoms. The van der Waals surface area contributed by atoms with E-state index in [0.29, 0.717) is 55.7 Å². The zero-order valence-electron chi connectivity index (χ0n) is 23.1. The molecule has 2 aromatic carbocycles. The second kappa shape index (κ2) is 12.4. The topological polar surface area (TPSA) is 125 Å². The van der Waals surface area contributed by atoms with E-state index in [1.54, 1.807) is 22.5 Å². The number of aliphatic imine (C=N–C) groups is 1. The lowest BCUT2D eigenvalue weighted by molar-refractivity contribution is -0.127. The average molecular weight is 553 g/mol. The number of carbonyl (C=O) groups excluding carboxylic acids is 1. The Hall–Kier alpha value is -3.05. The third-order valence-electron chi connectivity index (χ3n) is 7.04. The zero-order chi connectivity index (χ0) is 28.2. The van der Waals surface area contributed by atoms with Crippen molar-refractivity contribution < 1.29 is 13.2 Å².